The van der Waals surface area contributed by atoms with Crippen molar-refractivity contribution in [2.75, 3.05) is 24.3 Å². The number of aliphatic carboxylic acids is 1. The van der Waals surface area contributed by atoms with E-state index in [0.717, 1.165) is 55.9 Å². The topological polar surface area (TPSA) is 62.7 Å². The van der Waals surface area contributed by atoms with Crippen molar-refractivity contribution in [2.45, 2.75) is 74.8 Å². The fraction of sp³-hybridized carbons (Fsp3) is 0.385. The summed E-state index contributed by atoms with van der Waals surface area (Å²) in [7, 11) is 0.500. The van der Waals surface area contributed by atoms with Gasteiger partial charge in [-0.25, -0.2) is 0 Å². The predicted octanol–water partition coefficient (Wildman–Crippen LogP) is 11.2. The standard InChI is InChI=1S/C31H32N2O3S.C5H12.C2H6.CH3F/c1-7-9-22(8-2)18-36-24-14-26-21(5)33(37-6)31-20(4)25(16-29(34)35)27(15-28(31)30(26)32-17-24)23-12-10-19(3)11-13-23;1-5(2,3)4;2*1-2/h7-15,17,21H,1-2,16,18H2,3-6H3,(H,34,35);1-4H3;1-2H3;1H3/b22-9+;;;/t21-;;;/m1.../s1. The van der Waals surface area contributed by atoms with Gasteiger partial charge in [0, 0.05) is 17.4 Å². The molecule has 0 saturated carbocycles. The summed E-state index contributed by atoms with van der Waals surface area (Å²) in [5.74, 6) is -0.162. The largest absolute Gasteiger partial charge is 0.487 e. The van der Waals surface area contributed by atoms with Crippen LogP contribution in [0.4, 0.5) is 10.1 Å². The van der Waals surface area contributed by atoms with Crippen LogP contribution in [0, 0.1) is 19.3 Å². The maximum atomic E-state index is 11.9. The minimum atomic E-state index is -0.847. The van der Waals surface area contributed by atoms with Crippen LogP contribution in [0.15, 0.2) is 79.6 Å². The van der Waals surface area contributed by atoms with E-state index in [-0.39, 0.29) is 12.5 Å². The molecule has 0 amide bonds. The number of carboxylic acids is 1. The first-order valence-corrected chi connectivity index (χ1v) is 16.7. The number of pyridine rings is 1. The number of allylic oxidation sites excluding steroid dienone is 2. The third-order valence-corrected chi connectivity index (χ3v) is 7.63. The Morgan fingerprint density at radius 1 is 1.09 bits per heavy atom. The van der Waals surface area contributed by atoms with Gasteiger partial charge in [-0.3, -0.25) is 14.2 Å². The molecule has 0 saturated heterocycles. The minimum absolute atomic E-state index is 0.0118. The van der Waals surface area contributed by atoms with E-state index in [1.165, 1.54) is 0 Å². The molecular weight excluding hydrogens is 596 g/mol. The van der Waals surface area contributed by atoms with E-state index in [4.69, 9.17) is 9.72 Å². The van der Waals surface area contributed by atoms with E-state index in [1.807, 2.05) is 40.0 Å². The van der Waals surface area contributed by atoms with Crippen molar-refractivity contribution in [1.29, 1.82) is 0 Å². The second kappa shape index (κ2) is 19.0. The summed E-state index contributed by atoms with van der Waals surface area (Å²) >= 11 is 1.62. The predicted molar refractivity (Wildman–Crippen MR) is 198 cm³/mol. The number of alkyl halides is 1. The zero-order valence-electron chi connectivity index (χ0n) is 29.6. The average Bonchev–Trinajstić information content (AvgIpc) is 3.02. The molecule has 0 aliphatic carbocycles. The number of aromatic nitrogens is 1. The van der Waals surface area contributed by atoms with E-state index in [1.54, 1.807) is 30.3 Å². The third-order valence-electron chi connectivity index (χ3n) is 6.73. The first kappa shape index (κ1) is 40.2. The Labute approximate surface area is 281 Å². The van der Waals surface area contributed by atoms with E-state index in [9.17, 15) is 14.3 Å². The lowest BCUT2D eigenvalue weighted by atomic mass is 9.85. The van der Waals surface area contributed by atoms with Crippen LogP contribution in [-0.2, 0) is 11.2 Å². The maximum Gasteiger partial charge on any atom is 0.307 e. The minimum Gasteiger partial charge on any atom is -0.487 e. The summed E-state index contributed by atoms with van der Waals surface area (Å²) in [4.78, 5) is 16.8. The van der Waals surface area contributed by atoms with Gasteiger partial charge in [0.25, 0.3) is 0 Å². The van der Waals surface area contributed by atoms with Crippen LogP contribution in [0.2, 0.25) is 0 Å². The van der Waals surface area contributed by atoms with Crippen LogP contribution in [0.1, 0.15) is 76.8 Å². The highest BCUT2D eigenvalue weighted by atomic mass is 32.2. The second-order valence-corrected chi connectivity index (χ2v) is 12.9. The molecule has 250 valence electrons. The Bertz CT molecular complexity index is 1480. The SMILES string of the molecule is C=C/C=C(\C=C)COc1cnc2c(c1)[C@@H](C)N(SC)c1c-2cc(-c2ccc(C)cc2)c(CC(=O)O)c1C.CC.CC(C)(C)C.CF. The number of halogens is 1. The highest BCUT2D eigenvalue weighted by molar-refractivity contribution is 8.00. The smallest absolute Gasteiger partial charge is 0.307 e. The fourth-order valence-electron chi connectivity index (χ4n) is 4.83. The Kier molecular flexibility index (Phi) is 16.6. The summed E-state index contributed by atoms with van der Waals surface area (Å²) < 4.78 is 17.8. The van der Waals surface area contributed by atoms with Gasteiger partial charge in [-0.05, 0) is 66.1 Å². The molecule has 1 aliphatic rings. The van der Waals surface area contributed by atoms with Gasteiger partial charge in [-0.1, -0.05) is 115 Å². The normalized spacial score (nSPS) is 13.3. The van der Waals surface area contributed by atoms with Gasteiger partial charge in [0.05, 0.1) is 37.2 Å². The molecule has 1 aromatic heterocycles. The molecule has 0 unspecified atom stereocenters. The third kappa shape index (κ3) is 10.9. The van der Waals surface area contributed by atoms with Gasteiger partial charge < -0.3 is 14.1 Å². The molecule has 2 heterocycles. The molecule has 1 N–H and O–H groups in total. The Hall–Kier alpha value is -3.84. The van der Waals surface area contributed by atoms with Crippen LogP contribution in [0.5, 0.6) is 5.75 Å². The molecule has 0 fully saturated rings. The Morgan fingerprint density at radius 2 is 1.67 bits per heavy atom. The number of anilines is 1. The molecule has 0 bridgehead atoms. The second-order valence-electron chi connectivity index (χ2n) is 12.1. The summed E-state index contributed by atoms with van der Waals surface area (Å²) in [6.07, 6.45) is 9.09. The molecule has 5 nitrogen and oxygen atoms in total. The van der Waals surface area contributed by atoms with Gasteiger partial charge in [-0.2, -0.15) is 0 Å². The van der Waals surface area contributed by atoms with E-state index in [2.05, 4.69) is 88.5 Å². The number of aryl methyl sites for hydroxylation is 1. The monoisotopic (exact) mass is 648 g/mol. The van der Waals surface area contributed by atoms with E-state index >= 15 is 0 Å². The molecule has 0 radical (unpaired) electrons. The molecule has 7 heteroatoms. The molecule has 1 aliphatic heterocycles. The molecule has 0 spiro atoms. The molecule has 4 rings (SSSR count). The number of carbonyl (C=O) groups is 1. The molecule has 2 aromatic carbocycles. The van der Waals surface area contributed by atoms with Gasteiger partial charge in [-0.15, -0.1) is 0 Å². The van der Waals surface area contributed by atoms with Crippen molar-refractivity contribution in [1.82, 2.24) is 4.98 Å². The number of carboxylic acid groups (broad SMARTS) is 1. The van der Waals surface area contributed by atoms with Crippen LogP contribution < -0.4 is 9.04 Å². The van der Waals surface area contributed by atoms with E-state index < -0.39 is 5.97 Å². The van der Waals surface area contributed by atoms with Crippen molar-refractivity contribution in [3.63, 3.8) is 0 Å². The zero-order valence-corrected chi connectivity index (χ0v) is 30.4. The van der Waals surface area contributed by atoms with Gasteiger partial charge in [0.2, 0.25) is 0 Å². The van der Waals surface area contributed by atoms with Crippen molar-refractivity contribution >= 4 is 23.6 Å². The molecular formula is C39H53FN2O3S. The quantitative estimate of drug-likeness (QED) is 0.184. The van der Waals surface area contributed by atoms with Gasteiger partial charge >= 0.3 is 5.97 Å². The van der Waals surface area contributed by atoms with Crippen molar-refractivity contribution < 1.29 is 19.0 Å². The van der Waals surface area contributed by atoms with Gasteiger partial charge in [0.1, 0.15) is 12.4 Å². The van der Waals surface area contributed by atoms with Crippen LogP contribution in [0.25, 0.3) is 22.4 Å². The molecule has 46 heavy (non-hydrogen) atoms. The highest BCUT2D eigenvalue weighted by Gasteiger charge is 2.33. The van der Waals surface area contributed by atoms with Crippen LogP contribution >= 0.6 is 11.9 Å². The Morgan fingerprint density at radius 3 is 2.17 bits per heavy atom. The number of fused-ring (bicyclic) bond motifs is 3. The number of hydrogen-bond donors (Lipinski definition) is 1. The lowest BCUT2D eigenvalue weighted by molar-refractivity contribution is -0.136. The number of hydrogen-bond acceptors (Lipinski definition) is 5. The number of ether oxygens (including phenoxy) is 1. The number of nitrogens with zero attached hydrogens (tertiary/aromatic N) is 2. The summed E-state index contributed by atoms with van der Waals surface area (Å²) in [6.45, 7) is 26.9. The first-order valence-electron chi connectivity index (χ1n) is 15.5. The van der Waals surface area contributed by atoms with Crippen molar-refractivity contribution in [3.8, 4) is 28.1 Å². The maximum absolute atomic E-state index is 11.9. The lowest BCUT2D eigenvalue weighted by Crippen LogP contribution is -2.26. The van der Waals surface area contributed by atoms with Gasteiger partial charge in [0.15, 0.2) is 0 Å². The highest BCUT2D eigenvalue weighted by Crippen LogP contribution is 2.51. The average molecular weight is 649 g/mol. The van der Waals surface area contributed by atoms with Crippen molar-refractivity contribution in [3.05, 3.63) is 102 Å². The van der Waals surface area contributed by atoms with Crippen LogP contribution in [-0.4, -0.2) is 36.1 Å². The van der Waals surface area contributed by atoms with Crippen LogP contribution in [0.3, 0.4) is 0 Å². The number of rotatable bonds is 9. The zero-order chi connectivity index (χ0) is 35.2. The lowest BCUT2D eigenvalue weighted by Gasteiger charge is -2.38. The van der Waals surface area contributed by atoms with Crippen molar-refractivity contribution in [2.24, 2.45) is 5.41 Å². The summed E-state index contributed by atoms with van der Waals surface area (Å²) in [5, 5.41) is 9.75. The molecule has 1 atom stereocenters. The molecule has 3 aromatic rings. The van der Waals surface area contributed by atoms with E-state index in [0.29, 0.717) is 24.9 Å². The number of benzene rings is 2. The Balaban J connectivity index is 0.00000106. The first-order chi connectivity index (χ1) is 21.8. The fourth-order valence-corrected chi connectivity index (χ4v) is 5.68. The summed E-state index contributed by atoms with van der Waals surface area (Å²) in [6, 6.07) is 12.4. The summed E-state index contributed by atoms with van der Waals surface area (Å²) in [5.41, 5.74) is 10.3.